The van der Waals surface area contributed by atoms with Crippen LogP contribution in [0.2, 0.25) is 0 Å². The summed E-state index contributed by atoms with van der Waals surface area (Å²) in [6.45, 7) is 10.9. The van der Waals surface area contributed by atoms with Gasteiger partial charge in [-0.3, -0.25) is 0 Å². The molecule has 1 N–H and O–H groups in total. The molecule has 2 heterocycles. The molecule has 0 amide bonds. The van der Waals surface area contributed by atoms with Crippen molar-refractivity contribution < 1.29 is 0 Å². The normalized spacial score (nSPS) is 34.3. The minimum Gasteiger partial charge on any atom is -0.311 e. The summed E-state index contributed by atoms with van der Waals surface area (Å²) in [7, 11) is 0. The fraction of sp³-hybridized carbons (Fsp3) is 1.00. The fourth-order valence-electron chi connectivity index (χ4n) is 4.05. The van der Waals surface area contributed by atoms with E-state index in [0.717, 1.165) is 12.0 Å². The highest BCUT2D eigenvalue weighted by Crippen LogP contribution is 2.34. The molecule has 0 aromatic rings. The average molecular weight is 252 g/mol. The van der Waals surface area contributed by atoms with Crippen LogP contribution in [0.3, 0.4) is 0 Å². The largest absolute Gasteiger partial charge is 0.311 e. The van der Waals surface area contributed by atoms with Crippen molar-refractivity contribution in [2.75, 3.05) is 19.6 Å². The van der Waals surface area contributed by atoms with Crippen LogP contribution >= 0.6 is 0 Å². The number of hydrogen-bond donors (Lipinski definition) is 1. The van der Waals surface area contributed by atoms with Gasteiger partial charge < -0.3 is 10.2 Å². The number of nitrogens with zero attached hydrogens (tertiary/aromatic N) is 1. The first-order chi connectivity index (χ1) is 8.68. The van der Waals surface area contributed by atoms with Crippen LogP contribution in [-0.4, -0.2) is 36.1 Å². The van der Waals surface area contributed by atoms with E-state index >= 15 is 0 Å². The van der Waals surface area contributed by atoms with Crippen molar-refractivity contribution in [1.29, 1.82) is 0 Å². The molecule has 0 spiro atoms. The first-order valence-corrected chi connectivity index (χ1v) is 8.17. The number of nitrogens with one attached hydrogen (secondary N) is 1. The number of hydrogen-bond acceptors (Lipinski definition) is 2. The lowest BCUT2D eigenvalue weighted by atomic mass is 9.79. The van der Waals surface area contributed by atoms with Crippen molar-refractivity contribution >= 4 is 0 Å². The third-order valence-corrected chi connectivity index (χ3v) is 5.46. The van der Waals surface area contributed by atoms with Gasteiger partial charge in [0.05, 0.1) is 0 Å². The summed E-state index contributed by atoms with van der Waals surface area (Å²) < 4.78 is 0. The number of piperidine rings is 1. The SMILES string of the molecule is CCN1CCCCC1CCC1(C(C)C)CCCN1. The number of likely N-dealkylation sites (tertiary alicyclic amines) is 1. The maximum atomic E-state index is 3.82. The molecule has 2 fully saturated rings. The van der Waals surface area contributed by atoms with E-state index in [1.54, 1.807) is 0 Å². The van der Waals surface area contributed by atoms with E-state index in [0.29, 0.717) is 5.54 Å². The van der Waals surface area contributed by atoms with Gasteiger partial charge in [-0.2, -0.15) is 0 Å². The van der Waals surface area contributed by atoms with Crippen molar-refractivity contribution in [2.24, 2.45) is 5.92 Å². The highest BCUT2D eigenvalue weighted by molar-refractivity contribution is 4.96. The van der Waals surface area contributed by atoms with Gasteiger partial charge in [-0.15, -0.1) is 0 Å². The fourth-order valence-corrected chi connectivity index (χ4v) is 4.05. The first kappa shape index (κ1) is 14.3. The molecule has 2 aliphatic heterocycles. The quantitative estimate of drug-likeness (QED) is 0.806. The van der Waals surface area contributed by atoms with E-state index in [-0.39, 0.29) is 0 Å². The lowest BCUT2D eigenvalue weighted by molar-refractivity contribution is 0.127. The highest BCUT2D eigenvalue weighted by Gasteiger charge is 2.37. The van der Waals surface area contributed by atoms with E-state index in [9.17, 15) is 0 Å². The molecule has 106 valence electrons. The zero-order valence-electron chi connectivity index (χ0n) is 12.7. The van der Waals surface area contributed by atoms with E-state index in [2.05, 4.69) is 31.0 Å². The lowest BCUT2D eigenvalue weighted by Crippen LogP contribution is -2.47. The van der Waals surface area contributed by atoms with Gasteiger partial charge in [0.25, 0.3) is 0 Å². The Labute approximate surface area is 114 Å². The molecule has 0 aliphatic carbocycles. The zero-order chi connectivity index (χ0) is 13.0. The maximum absolute atomic E-state index is 3.82. The highest BCUT2D eigenvalue weighted by atomic mass is 15.2. The Morgan fingerprint density at radius 2 is 2.11 bits per heavy atom. The second-order valence-corrected chi connectivity index (χ2v) is 6.66. The summed E-state index contributed by atoms with van der Waals surface area (Å²) in [5.74, 6) is 0.777. The maximum Gasteiger partial charge on any atom is 0.0205 e. The van der Waals surface area contributed by atoms with Crippen LogP contribution in [0.4, 0.5) is 0 Å². The van der Waals surface area contributed by atoms with Gasteiger partial charge in [0.2, 0.25) is 0 Å². The van der Waals surface area contributed by atoms with Gasteiger partial charge in [0, 0.05) is 11.6 Å². The molecule has 2 unspecified atom stereocenters. The van der Waals surface area contributed by atoms with Crippen LogP contribution in [0, 0.1) is 5.92 Å². The molecule has 2 saturated heterocycles. The Morgan fingerprint density at radius 3 is 2.72 bits per heavy atom. The molecule has 2 heteroatoms. The second kappa shape index (κ2) is 6.38. The predicted molar refractivity (Wildman–Crippen MR) is 78.9 cm³/mol. The van der Waals surface area contributed by atoms with Gasteiger partial charge in [0.1, 0.15) is 0 Å². The van der Waals surface area contributed by atoms with Crippen molar-refractivity contribution in [1.82, 2.24) is 10.2 Å². The molecule has 0 aromatic carbocycles. The third-order valence-electron chi connectivity index (χ3n) is 5.46. The van der Waals surface area contributed by atoms with Crippen LogP contribution in [0.15, 0.2) is 0 Å². The summed E-state index contributed by atoms with van der Waals surface area (Å²) in [5.41, 5.74) is 0.455. The second-order valence-electron chi connectivity index (χ2n) is 6.66. The molecule has 2 nitrogen and oxygen atoms in total. The van der Waals surface area contributed by atoms with Gasteiger partial charge in [0.15, 0.2) is 0 Å². The summed E-state index contributed by atoms with van der Waals surface area (Å²) in [6.07, 6.45) is 9.85. The molecular formula is C16H32N2. The Balaban J connectivity index is 1.88. The Kier molecular flexibility index (Phi) is 5.08. The Hall–Kier alpha value is -0.0800. The predicted octanol–water partition coefficient (Wildman–Crippen LogP) is 3.42. The average Bonchev–Trinajstić information content (AvgIpc) is 2.87. The number of rotatable bonds is 5. The minimum atomic E-state index is 0.455. The van der Waals surface area contributed by atoms with Crippen LogP contribution < -0.4 is 5.32 Å². The molecule has 0 bridgehead atoms. The van der Waals surface area contributed by atoms with E-state index in [1.807, 2.05) is 0 Å². The third kappa shape index (κ3) is 3.08. The van der Waals surface area contributed by atoms with Crippen LogP contribution in [-0.2, 0) is 0 Å². The van der Waals surface area contributed by atoms with Crippen molar-refractivity contribution in [3.8, 4) is 0 Å². The zero-order valence-corrected chi connectivity index (χ0v) is 12.7. The lowest BCUT2D eigenvalue weighted by Gasteiger charge is -2.39. The first-order valence-electron chi connectivity index (χ1n) is 8.17. The van der Waals surface area contributed by atoms with Crippen LogP contribution in [0.1, 0.15) is 65.7 Å². The van der Waals surface area contributed by atoms with Crippen molar-refractivity contribution in [3.05, 3.63) is 0 Å². The minimum absolute atomic E-state index is 0.455. The topological polar surface area (TPSA) is 15.3 Å². The van der Waals surface area contributed by atoms with Gasteiger partial charge in [-0.05, 0) is 64.1 Å². The smallest absolute Gasteiger partial charge is 0.0205 e. The Morgan fingerprint density at radius 1 is 1.28 bits per heavy atom. The summed E-state index contributed by atoms with van der Waals surface area (Å²) in [4.78, 5) is 2.71. The van der Waals surface area contributed by atoms with Gasteiger partial charge >= 0.3 is 0 Å². The summed E-state index contributed by atoms with van der Waals surface area (Å²) >= 11 is 0. The van der Waals surface area contributed by atoms with Gasteiger partial charge in [-0.1, -0.05) is 27.2 Å². The summed E-state index contributed by atoms with van der Waals surface area (Å²) in [5, 5.41) is 3.82. The Bertz CT molecular complexity index is 243. The molecular weight excluding hydrogens is 220 g/mol. The molecule has 2 rings (SSSR count). The van der Waals surface area contributed by atoms with Gasteiger partial charge in [-0.25, -0.2) is 0 Å². The van der Waals surface area contributed by atoms with Crippen LogP contribution in [0.5, 0.6) is 0 Å². The van der Waals surface area contributed by atoms with Crippen molar-refractivity contribution in [2.45, 2.75) is 77.3 Å². The molecule has 0 aromatic heterocycles. The van der Waals surface area contributed by atoms with E-state index in [4.69, 9.17) is 0 Å². The van der Waals surface area contributed by atoms with E-state index < -0.39 is 0 Å². The van der Waals surface area contributed by atoms with E-state index in [1.165, 1.54) is 64.6 Å². The molecule has 0 radical (unpaired) electrons. The van der Waals surface area contributed by atoms with Crippen molar-refractivity contribution in [3.63, 3.8) is 0 Å². The standard InChI is InChI=1S/C16H32N2/c1-4-18-13-6-5-8-15(18)9-11-16(14(2)3)10-7-12-17-16/h14-15,17H,4-13H2,1-3H3. The molecule has 0 saturated carbocycles. The monoisotopic (exact) mass is 252 g/mol. The molecule has 2 atom stereocenters. The van der Waals surface area contributed by atoms with Crippen LogP contribution in [0.25, 0.3) is 0 Å². The molecule has 18 heavy (non-hydrogen) atoms. The summed E-state index contributed by atoms with van der Waals surface area (Å²) in [6, 6.07) is 0.863. The molecule has 2 aliphatic rings.